The molecule has 3 aromatic rings. The van der Waals surface area contributed by atoms with Gasteiger partial charge in [0.2, 0.25) is 0 Å². The van der Waals surface area contributed by atoms with E-state index in [9.17, 15) is 9.59 Å². The molecule has 1 saturated heterocycles. The van der Waals surface area contributed by atoms with Gasteiger partial charge in [-0.15, -0.1) is 0 Å². The van der Waals surface area contributed by atoms with Gasteiger partial charge in [0.1, 0.15) is 0 Å². The number of anilines is 2. The van der Waals surface area contributed by atoms with Crippen LogP contribution in [0.3, 0.4) is 0 Å². The van der Waals surface area contributed by atoms with Crippen molar-refractivity contribution in [3.8, 4) is 11.5 Å². The minimum absolute atomic E-state index is 0.175. The predicted octanol–water partition coefficient (Wildman–Crippen LogP) is 6.70. The number of ether oxygens (including phenoxy) is 2. The normalized spacial score (nSPS) is 14.3. The molecule has 3 aromatic carbocycles. The number of hydrogen-bond acceptors (Lipinski definition) is 6. The van der Waals surface area contributed by atoms with E-state index in [1.807, 2.05) is 39.0 Å². The first-order valence-corrected chi connectivity index (χ1v) is 13.0. The van der Waals surface area contributed by atoms with Gasteiger partial charge in [0.05, 0.1) is 17.7 Å². The second kappa shape index (κ2) is 11.4. The van der Waals surface area contributed by atoms with Crippen molar-refractivity contribution in [2.75, 3.05) is 23.9 Å². The number of thioether (sulfide) groups is 1. The average Bonchev–Trinajstić information content (AvgIpc) is 3.15. The molecule has 0 spiro atoms. The van der Waals surface area contributed by atoms with Crippen LogP contribution in [0.15, 0.2) is 59.5 Å². The van der Waals surface area contributed by atoms with Crippen LogP contribution in [-0.4, -0.2) is 29.9 Å². The first kappa shape index (κ1) is 26.7. The lowest BCUT2D eigenvalue weighted by atomic mass is 10.1. The highest BCUT2D eigenvalue weighted by Gasteiger charge is 2.33. The molecule has 6 nitrogen and oxygen atoms in total. The third-order valence-corrected chi connectivity index (χ3v) is 7.64. The molecule has 1 heterocycles. The fraction of sp³-hybridized carbons (Fsp3) is 0.179. The Labute approximate surface area is 230 Å². The van der Waals surface area contributed by atoms with Crippen molar-refractivity contribution >= 4 is 69.2 Å². The van der Waals surface area contributed by atoms with Crippen LogP contribution in [0.4, 0.5) is 11.4 Å². The van der Waals surface area contributed by atoms with E-state index < -0.39 is 0 Å². The molecule has 0 radical (unpaired) electrons. The van der Waals surface area contributed by atoms with Crippen LogP contribution < -0.4 is 19.7 Å². The van der Waals surface area contributed by atoms with Gasteiger partial charge in [-0.05, 0) is 85.5 Å². The zero-order valence-corrected chi connectivity index (χ0v) is 23.1. The maximum absolute atomic E-state index is 13.2. The quantitative estimate of drug-likeness (QED) is 0.260. The number of carbonyl (C=O) groups is 2. The molecular formula is C28H25ClN2O4S2. The highest BCUT2D eigenvalue weighted by atomic mass is 35.5. The number of nitrogens with one attached hydrogen (secondary N) is 1. The van der Waals surface area contributed by atoms with Crippen LogP contribution in [0.5, 0.6) is 11.5 Å². The summed E-state index contributed by atoms with van der Waals surface area (Å²) in [5, 5.41) is 3.37. The minimum Gasteiger partial charge on any atom is -0.493 e. The summed E-state index contributed by atoms with van der Waals surface area (Å²) in [7, 11) is 1.51. The third kappa shape index (κ3) is 5.98. The van der Waals surface area contributed by atoms with E-state index in [4.69, 9.17) is 33.3 Å². The lowest BCUT2D eigenvalue weighted by Gasteiger charge is -2.16. The SMILES string of the molecule is COc1cc(/C=C2\SC(=S)N(c3ccc(C)c(C)c3)C2=O)ccc1OCC(=O)Nc1cccc(Cl)c1C. The molecule has 190 valence electrons. The Morgan fingerprint density at radius 1 is 1.08 bits per heavy atom. The van der Waals surface area contributed by atoms with E-state index in [-0.39, 0.29) is 18.4 Å². The highest BCUT2D eigenvalue weighted by molar-refractivity contribution is 8.27. The molecule has 1 aliphatic rings. The molecule has 0 aromatic heterocycles. The summed E-state index contributed by atoms with van der Waals surface area (Å²) >= 11 is 12.9. The number of rotatable bonds is 7. The van der Waals surface area contributed by atoms with Gasteiger partial charge in [0.15, 0.2) is 22.4 Å². The van der Waals surface area contributed by atoms with Crippen LogP contribution in [0.1, 0.15) is 22.3 Å². The molecule has 0 aliphatic carbocycles. The first-order valence-electron chi connectivity index (χ1n) is 11.4. The molecule has 0 saturated carbocycles. The van der Waals surface area contributed by atoms with Crippen LogP contribution in [0, 0.1) is 20.8 Å². The van der Waals surface area contributed by atoms with Crippen molar-refractivity contribution < 1.29 is 19.1 Å². The van der Waals surface area contributed by atoms with E-state index in [2.05, 4.69) is 5.32 Å². The van der Waals surface area contributed by atoms with E-state index in [0.29, 0.717) is 31.4 Å². The lowest BCUT2D eigenvalue weighted by molar-refractivity contribution is -0.118. The van der Waals surface area contributed by atoms with Crippen molar-refractivity contribution in [2.24, 2.45) is 0 Å². The number of aryl methyl sites for hydroxylation is 2. The fourth-order valence-electron chi connectivity index (χ4n) is 3.67. The van der Waals surface area contributed by atoms with E-state index in [1.165, 1.54) is 18.9 Å². The zero-order valence-electron chi connectivity index (χ0n) is 20.8. The molecule has 1 N–H and O–H groups in total. The monoisotopic (exact) mass is 552 g/mol. The molecular weight excluding hydrogens is 528 g/mol. The van der Waals surface area contributed by atoms with E-state index >= 15 is 0 Å². The molecule has 4 rings (SSSR count). The maximum atomic E-state index is 13.2. The number of methoxy groups -OCH3 is 1. The molecule has 0 atom stereocenters. The molecule has 9 heteroatoms. The minimum atomic E-state index is -0.327. The number of thiocarbonyl (C=S) groups is 1. The standard InChI is InChI=1S/C28H25ClN2O4S2/c1-16-8-10-20(12-17(16)2)31-27(33)25(37-28(31)36)14-19-9-11-23(24(13-19)34-4)35-15-26(32)30-22-7-5-6-21(29)18(22)3/h5-14H,15H2,1-4H3,(H,30,32)/b25-14-. The molecule has 0 unspecified atom stereocenters. The number of benzene rings is 3. The Morgan fingerprint density at radius 3 is 2.59 bits per heavy atom. The number of hydrogen-bond donors (Lipinski definition) is 1. The van der Waals surface area contributed by atoms with Crippen molar-refractivity contribution in [3.63, 3.8) is 0 Å². The Bertz CT molecular complexity index is 1440. The Morgan fingerprint density at radius 2 is 1.86 bits per heavy atom. The van der Waals surface area contributed by atoms with Crippen molar-refractivity contribution in [2.45, 2.75) is 20.8 Å². The van der Waals surface area contributed by atoms with Gasteiger partial charge in [-0.2, -0.15) is 0 Å². The molecule has 2 amide bonds. The zero-order chi connectivity index (χ0) is 26.7. The first-order chi connectivity index (χ1) is 17.7. The summed E-state index contributed by atoms with van der Waals surface area (Å²) in [5.41, 5.74) is 5.14. The lowest BCUT2D eigenvalue weighted by Crippen LogP contribution is -2.27. The van der Waals surface area contributed by atoms with Crippen LogP contribution in [0.25, 0.3) is 6.08 Å². The smallest absolute Gasteiger partial charge is 0.270 e. The summed E-state index contributed by atoms with van der Waals surface area (Å²) in [5.74, 6) is 0.336. The second-order valence-corrected chi connectivity index (χ2v) is 10.5. The van der Waals surface area contributed by atoms with Crippen LogP contribution in [0.2, 0.25) is 5.02 Å². The van der Waals surface area contributed by atoms with E-state index in [0.717, 1.165) is 27.9 Å². The largest absolute Gasteiger partial charge is 0.493 e. The van der Waals surface area contributed by atoms with Gasteiger partial charge >= 0.3 is 0 Å². The number of amides is 2. The third-order valence-electron chi connectivity index (χ3n) is 5.93. The van der Waals surface area contributed by atoms with Gasteiger partial charge in [0.25, 0.3) is 11.8 Å². The maximum Gasteiger partial charge on any atom is 0.270 e. The van der Waals surface area contributed by atoms with Gasteiger partial charge in [-0.25, -0.2) is 0 Å². The molecule has 1 aliphatic heterocycles. The number of carbonyl (C=O) groups excluding carboxylic acids is 2. The predicted molar refractivity (Wildman–Crippen MR) is 155 cm³/mol. The Balaban J connectivity index is 1.46. The summed E-state index contributed by atoms with van der Waals surface area (Å²) in [6.07, 6.45) is 1.77. The van der Waals surface area contributed by atoms with Crippen LogP contribution >= 0.6 is 35.6 Å². The highest BCUT2D eigenvalue weighted by Crippen LogP contribution is 2.37. The number of halogens is 1. The van der Waals surface area contributed by atoms with E-state index in [1.54, 1.807) is 47.4 Å². The van der Waals surface area contributed by atoms with Gasteiger partial charge < -0.3 is 14.8 Å². The van der Waals surface area contributed by atoms with Crippen molar-refractivity contribution in [1.82, 2.24) is 0 Å². The number of nitrogens with zero attached hydrogens (tertiary/aromatic N) is 1. The molecule has 37 heavy (non-hydrogen) atoms. The van der Waals surface area contributed by atoms with Crippen LogP contribution in [-0.2, 0) is 9.59 Å². The summed E-state index contributed by atoms with van der Waals surface area (Å²) < 4.78 is 11.6. The average molecular weight is 553 g/mol. The van der Waals surface area contributed by atoms with Gasteiger partial charge in [0, 0.05) is 10.7 Å². The topological polar surface area (TPSA) is 67.9 Å². The molecule has 0 bridgehead atoms. The summed E-state index contributed by atoms with van der Waals surface area (Å²) in [4.78, 5) is 27.6. The Kier molecular flexibility index (Phi) is 8.22. The van der Waals surface area contributed by atoms with Gasteiger partial charge in [-0.3, -0.25) is 14.5 Å². The fourth-order valence-corrected chi connectivity index (χ4v) is 5.15. The molecule has 1 fully saturated rings. The van der Waals surface area contributed by atoms with Crippen molar-refractivity contribution in [3.05, 3.63) is 86.8 Å². The summed E-state index contributed by atoms with van der Waals surface area (Å²) in [6, 6.07) is 16.4. The summed E-state index contributed by atoms with van der Waals surface area (Å²) in [6.45, 7) is 5.65. The Hall–Kier alpha value is -3.33. The van der Waals surface area contributed by atoms with Crippen molar-refractivity contribution in [1.29, 1.82) is 0 Å². The van der Waals surface area contributed by atoms with Gasteiger partial charge in [-0.1, -0.05) is 53.8 Å². The second-order valence-electron chi connectivity index (χ2n) is 8.45.